The van der Waals surface area contributed by atoms with Crippen molar-refractivity contribution in [2.24, 2.45) is 0 Å². The molecule has 0 fully saturated rings. The van der Waals surface area contributed by atoms with E-state index >= 15 is 0 Å². The summed E-state index contributed by atoms with van der Waals surface area (Å²) < 4.78 is 1.70. The minimum atomic E-state index is -1.21. The van der Waals surface area contributed by atoms with Gasteiger partial charge in [-0.1, -0.05) is 0 Å². The molecule has 0 aromatic carbocycles. The molecule has 8 nitrogen and oxygen atoms in total. The molecule has 2 aromatic heterocycles. The number of aromatic carboxylic acids is 1. The number of anilines is 2. The molecular formula is C13H15N5O3. The summed E-state index contributed by atoms with van der Waals surface area (Å²) in [5.41, 5.74) is 0.422. The predicted molar refractivity (Wildman–Crippen MR) is 76.4 cm³/mol. The summed E-state index contributed by atoms with van der Waals surface area (Å²) in [4.78, 5) is 26.6. The number of carbonyl (C=O) groups is 2. The van der Waals surface area contributed by atoms with E-state index in [-0.39, 0.29) is 17.4 Å². The van der Waals surface area contributed by atoms with E-state index in [1.807, 2.05) is 13.8 Å². The normalized spacial score (nSPS) is 10.4. The van der Waals surface area contributed by atoms with Crippen LogP contribution in [0.2, 0.25) is 0 Å². The average molecular weight is 289 g/mol. The molecule has 8 heteroatoms. The van der Waals surface area contributed by atoms with Crippen LogP contribution in [-0.2, 0) is 0 Å². The molecule has 0 aliphatic heterocycles. The van der Waals surface area contributed by atoms with Gasteiger partial charge in [-0.3, -0.25) is 4.68 Å². The lowest BCUT2D eigenvalue weighted by Gasteiger charge is -2.08. The Balaban J connectivity index is 2.06. The van der Waals surface area contributed by atoms with Gasteiger partial charge < -0.3 is 15.7 Å². The van der Waals surface area contributed by atoms with Crippen molar-refractivity contribution in [3.05, 3.63) is 36.4 Å². The second-order valence-electron chi connectivity index (χ2n) is 4.59. The maximum Gasteiger partial charge on any atom is 0.356 e. The molecular weight excluding hydrogens is 274 g/mol. The molecule has 2 aromatic rings. The van der Waals surface area contributed by atoms with Gasteiger partial charge in [0.15, 0.2) is 5.69 Å². The van der Waals surface area contributed by atoms with Gasteiger partial charge >= 0.3 is 12.0 Å². The summed E-state index contributed by atoms with van der Waals surface area (Å²) in [6.07, 6.45) is 4.55. The van der Waals surface area contributed by atoms with Gasteiger partial charge in [-0.15, -0.1) is 0 Å². The number of nitrogens with zero attached hydrogens (tertiary/aromatic N) is 3. The second kappa shape index (κ2) is 6.04. The number of carbonyl (C=O) groups excluding carboxylic acids is 1. The number of nitrogens with one attached hydrogen (secondary N) is 2. The molecule has 0 aliphatic carbocycles. The van der Waals surface area contributed by atoms with Crippen molar-refractivity contribution in [1.82, 2.24) is 14.8 Å². The van der Waals surface area contributed by atoms with Crippen LogP contribution in [0.4, 0.5) is 16.2 Å². The number of amides is 2. The van der Waals surface area contributed by atoms with Crippen molar-refractivity contribution in [3.63, 3.8) is 0 Å². The highest BCUT2D eigenvalue weighted by atomic mass is 16.4. The molecule has 2 amide bonds. The summed E-state index contributed by atoms with van der Waals surface area (Å²) in [5.74, 6) is -1.21. The van der Waals surface area contributed by atoms with Gasteiger partial charge in [0, 0.05) is 18.4 Å². The third-order valence-electron chi connectivity index (χ3n) is 2.65. The Labute approximate surface area is 120 Å². The Morgan fingerprint density at radius 2 is 2.10 bits per heavy atom. The molecule has 21 heavy (non-hydrogen) atoms. The third-order valence-corrected chi connectivity index (χ3v) is 2.65. The lowest BCUT2D eigenvalue weighted by atomic mass is 10.3. The molecule has 2 rings (SSSR count). The van der Waals surface area contributed by atoms with Gasteiger partial charge in [-0.05, 0) is 26.0 Å². The van der Waals surface area contributed by atoms with E-state index in [1.54, 1.807) is 16.9 Å². The van der Waals surface area contributed by atoms with E-state index in [0.717, 1.165) is 0 Å². The first-order valence-corrected chi connectivity index (χ1v) is 6.28. The molecule has 0 atom stereocenters. The van der Waals surface area contributed by atoms with Gasteiger partial charge in [0.25, 0.3) is 0 Å². The number of rotatable bonds is 4. The first kappa shape index (κ1) is 14.5. The lowest BCUT2D eigenvalue weighted by Crippen LogP contribution is -2.21. The molecule has 0 unspecified atom stereocenters. The Bertz CT molecular complexity index is 665. The highest BCUT2D eigenvalue weighted by molar-refractivity contribution is 6.03. The Morgan fingerprint density at radius 1 is 1.33 bits per heavy atom. The van der Waals surface area contributed by atoms with E-state index in [0.29, 0.717) is 5.69 Å². The van der Waals surface area contributed by atoms with Crippen molar-refractivity contribution in [1.29, 1.82) is 0 Å². The van der Waals surface area contributed by atoms with Gasteiger partial charge in [0.1, 0.15) is 0 Å². The van der Waals surface area contributed by atoms with Crippen LogP contribution >= 0.6 is 0 Å². The summed E-state index contributed by atoms with van der Waals surface area (Å²) >= 11 is 0. The van der Waals surface area contributed by atoms with Crippen molar-refractivity contribution in [3.8, 4) is 0 Å². The van der Waals surface area contributed by atoms with Crippen LogP contribution in [0.15, 0.2) is 30.7 Å². The van der Waals surface area contributed by atoms with Crippen LogP contribution in [0.3, 0.4) is 0 Å². The predicted octanol–water partition coefficient (Wildman–Crippen LogP) is 2.20. The minimum Gasteiger partial charge on any atom is -0.476 e. The lowest BCUT2D eigenvalue weighted by molar-refractivity contribution is 0.0692. The minimum absolute atomic E-state index is 0.124. The van der Waals surface area contributed by atoms with Crippen molar-refractivity contribution in [2.45, 2.75) is 19.9 Å². The summed E-state index contributed by atoms with van der Waals surface area (Å²) in [5, 5.41) is 18.1. The van der Waals surface area contributed by atoms with Crippen LogP contribution in [0.5, 0.6) is 0 Å². The fourth-order valence-electron chi connectivity index (χ4n) is 1.65. The van der Waals surface area contributed by atoms with Crippen LogP contribution < -0.4 is 10.6 Å². The van der Waals surface area contributed by atoms with Crippen LogP contribution in [-0.4, -0.2) is 31.9 Å². The van der Waals surface area contributed by atoms with Crippen molar-refractivity contribution >= 4 is 23.4 Å². The highest BCUT2D eigenvalue weighted by Crippen LogP contribution is 2.14. The quantitative estimate of drug-likeness (QED) is 0.799. The number of urea groups is 1. The van der Waals surface area contributed by atoms with Crippen molar-refractivity contribution < 1.29 is 14.7 Å². The smallest absolute Gasteiger partial charge is 0.356 e. The molecule has 0 radical (unpaired) electrons. The Morgan fingerprint density at radius 3 is 2.71 bits per heavy atom. The van der Waals surface area contributed by atoms with E-state index in [1.165, 1.54) is 18.5 Å². The number of carboxylic acids is 1. The maximum atomic E-state index is 11.9. The summed E-state index contributed by atoms with van der Waals surface area (Å²) in [7, 11) is 0. The van der Waals surface area contributed by atoms with Crippen LogP contribution in [0.1, 0.15) is 30.4 Å². The first-order chi connectivity index (χ1) is 9.97. The van der Waals surface area contributed by atoms with E-state index < -0.39 is 12.0 Å². The first-order valence-electron chi connectivity index (χ1n) is 6.28. The highest BCUT2D eigenvalue weighted by Gasteiger charge is 2.13. The zero-order valence-electron chi connectivity index (χ0n) is 11.6. The fourth-order valence-corrected chi connectivity index (χ4v) is 1.65. The Kier molecular flexibility index (Phi) is 4.17. The molecule has 0 aliphatic rings. The second-order valence-corrected chi connectivity index (χ2v) is 4.59. The number of pyridine rings is 1. The van der Waals surface area contributed by atoms with E-state index in [9.17, 15) is 9.59 Å². The molecule has 2 heterocycles. The fraction of sp³-hybridized carbons (Fsp3) is 0.231. The zero-order valence-corrected chi connectivity index (χ0v) is 11.6. The molecule has 0 bridgehead atoms. The Hall–Kier alpha value is -2.90. The van der Waals surface area contributed by atoms with Gasteiger partial charge in [-0.25, -0.2) is 14.6 Å². The van der Waals surface area contributed by atoms with E-state index in [2.05, 4.69) is 20.7 Å². The largest absolute Gasteiger partial charge is 0.476 e. The summed E-state index contributed by atoms with van der Waals surface area (Å²) in [6, 6.07) is 2.63. The van der Waals surface area contributed by atoms with Gasteiger partial charge in [0.05, 0.1) is 17.6 Å². The zero-order chi connectivity index (χ0) is 15.4. The van der Waals surface area contributed by atoms with Gasteiger partial charge in [-0.2, -0.15) is 5.10 Å². The van der Waals surface area contributed by atoms with E-state index in [4.69, 9.17) is 5.11 Å². The average Bonchev–Trinajstić information content (AvgIpc) is 2.87. The number of hydrogen-bond acceptors (Lipinski definition) is 4. The topological polar surface area (TPSA) is 109 Å². The van der Waals surface area contributed by atoms with Crippen LogP contribution in [0.25, 0.3) is 0 Å². The van der Waals surface area contributed by atoms with Crippen molar-refractivity contribution in [2.75, 3.05) is 10.6 Å². The maximum absolute atomic E-state index is 11.9. The van der Waals surface area contributed by atoms with Gasteiger partial charge in [0.2, 0.25) is 0 Å². The third kappa shape index (κ3) is 3.56. The van der Waals surface area contributed by atoms with Crippen LogP contribution in [0, 0.1) is 0 Å². The molecule has 3 N–H and O–H groups in total. The molecule has 0 saturated heterocycles. The molecule has 0 saturated carbocycles. The number of hydrogen-bond donors (Lipinski definition) is 3. The summed E-state index contributed by atoms with van der Waals surface area (Å²) in [6.45, 7) is 3.93. The monoisotopic (exact) mass is 289 g/mol. The number of aromatic nitrogens is 3. The number of carboxylic acid groups (broad SMARTS) is 1. The standard InChI is InChI=1S/C13H15N5O3/c1-8(2)18-7-9(6-15-18)16-13(21)17-10-4-3-5-14-11(10)12(19)20/h3-8H,1-2H3,(H,19,20)(H2,16,17,21). The molecule has 0 spiro atoms. The SMILES string of the molecule is CC(C)n1cc(NC(=O)Nc2cccnc2C(=O)O)cn1. The molecule has 110 valence electrons.